The maximum Gasteiger partial charge on any atom is 0.303 e. The van der Waals surface area contributed by atoms with Crippen molar-refractivity contribution in [2.45, 2.75) is 38.5 Å². The number of carbonyl (C=O) groups excluding carboxylic acids is 2. The van der Waals surface area contributed by atoms with E-state index in [2.05, 4.69) is 5.32 Å². The molecule has 6 heteroatoms. The highest BCUT2D eigenvalue weighted by atomic mass is 16.4. The van der Waals surface area contributed by atoms with Gasteiger partial charge in [0.2, 0.25) is 0 Å². The Morgan fingerprint density at radius 1 is 1.00 bits per heavy atom. The van der Waals surface area contributed by atoms with E-state index in [1.165, 1.54) is 4.90 Å². The minimum absolute atomic E-state index is 0.133. The van der Waals surface area contributed by atoms with Crippen LogP contribution in [0, 0.1) is 0 Å². The van der Waals surface area contributed by atoms with E-state index in [9.17, 15) is 14.4 Å². The first-order valence-electron chi connectivity index (χ1n) is 8.23. The Morgan fingerprint density at radius 2 is 1.62 bits per heavy atom. The summed E-state index contributed by atoms with van der Waals surface area (Å²) in [6.45, 7) is 0.573. The highest BCUT2D eigenvalue weighted by Gasteiger charge is 2.11. The third kappa shape index (κ3) is 7.26. The Labute approximate surface area is 142 Å². The van der Waals surface area contributed by atoms with Gasteiger partial charge in [-0.2, -0.15) is 0 Å². The maximum atomic E-state index is 12.1. The average molecular weight is 334 g/mol. The molecule has 1 aromatic carbocycles. The van der Waals surface area contributed by atoms with Crippen molar-refractivity contribution in [1.82, 2.24) is 10.2 Å². The van der Waals surface area contributed by atoms with E-state index in [1.54, 1.807) is 38.4 Å². The second kappa shape index (κ2) is 10.4. The summed E-state index contributed by atoms with van der Waals surface area (Å²) in [4.78, 5) is 35.9. The van der Waals surface area contributed by atoms with Crippen molar-refractivity contribution in [2.24, 2.45) is 0 Å². The molecule has 0 radical (unpaired) electrons. The Bertz CT molecular complexity index is 570. The lowest BCUT2D eigenvalue weighted by molar-refractivity contribution is -0.137. The van der Waals surface area contributed by atoms with Crippen molar-refractivity contribution >= 4 is 17.8 Å². The molecule has 2 amide bonds. The van der Waals surface area contributed by atoms with E-state index in [0.29, 0.717) is 24.1 Å². The largest absolute Gasteiger partial charge is 0.481 e. The lowest BCUT2D eigenvalue weighted by atomic mass is 10.1. The van der Waals surface area contributed by atoms with E-state index in [1.807, 2.05) is 0 Å². The molecule has 0 aliphatic rings. The van der Waals surface area contributed by atoms with Crippen molar-refractivity contribution < 1.29 is 19.5 Å². The van der Waals surface area contributed by atoms with E-state index in [0.717, 1.165) is 25.7 Å². The molecule has 24 heavy (non-hydrogen) atoms. The summed E-state index contributed by atoms with van der Waals surface area (Å²) in [7, 11) is 3.34. The lowest BCUT2D eigenvalue weighted by Gasteiger charge is -2.11. The van der Waals surface area contributed by atoms with Crippen LogP contribution in [0.25, 0.3) is 0 Å². The minimum Gasteiger partial charge on any atom is -0.481 e. The fourth-order valence-electron chi connectivity index (χ4n) is 2.29. The van der Waals surface area contributed by atoms with E-state index < -0.39 is 5.97 Å². The van der Waals surface area contributed by atoms with Gasteiger partial charge in [-0.15, -0.1) is 0 Å². The molecule has 132 valence electrons. The topological polar surface area (TPSA) is 86.7 Å². The number of hydrogen-bond donors (Lipinski definition) is 2. The molecule has 6 nitrogen and oxygen atoms in total. The number of unbranched alkanes of at least 4 members (excludes halogenated alkanes) is 4. The van der Waals surface area contributed by atoms with Crippen molar-refractivity contribution in [3.63, 3.8) is 0 Å². The number of carboxylic acid groups (broad SMARTS) is 1. The van der Waals surface area contributed by atoms with Gasteiger partial charge in [-0.1, -0.05) is 25.3 Å². The van der Waals surface area contributed by atoms with Gasteiger partial charge in [0.25, 0.3) is 11.8 Å². The van der Waals surface area contributed by atoms with E-state index in [-0.39, 0.29) is 18.2 Å². The van der Waals surface area contributed by atoms with Crippen LogP contribution in [0.4, 0.5) is 0 Å². The summed E-state index contributed by atoms with van der Waals surface area (Å²) >= 11 is 0. The molecule has 0 aliphatic heterocycles. The predicted molar refractivity (Wildman–Crippen MR) is 92.1 cm³/mol. The van der Waals surface area contributed by atoms with Crippen LogP contribution in [0.1, 0.15) is 59.2 Å². The van der Waals surface area contributed by atoms with E-state index >= 15 is 0 Å². The molecule has 1 rings (SSSR count). The van der Waals surface area contributed by atoms with Crippen molar-refractivity contribution in [2.75, 3.05) is 20.6 Å². The third-order valence-corrected chi connectivity index (χ3v) is 3.63. The normalized spacial score (nSPS) is 10.2. The van der Waals surface area contributed by atoms with Crippen LogP contribution in [0.3, 0.4) is 0 Å². The molecule has 0 unspecified atom stereocenters. The van der Waals surface area contributed by atoms with Crippen molar-refractivity contribution in [1.29, 1.82) is 0 Å². The van der Waals surface area contributed by atoms with Crippen LogP contribution in [-0.2, 0) is 4.79 Å². The number of carbonyl (C=O) groups is 3. The number of benzene rings is 1. The molecular weight excluding hydrogens is 308 g/mol. The van der Waals surface area contributed by atoms with Crippen LogP contribution >= 0.6 is 0 Å². The van der Waals surface area contributed by atoms with Gasteiger partial charge in [0, 0.05) is 38.2 Å². The molecule has 0 saturated heterocycles. The van der Waals surface area contributed by atoms with Crippen molar-refractivity contribution in [3.05, 3.63) is 35.4 Å². The fraction of sp³-hybridized carbons (Fsp3) is 0.500. The molecule has 0 fully saturated rings. The van der Waals surface area contributed by atoms with Crippen LogP contribution in [0.15, 0.2) is 24.3 Å². The number of amides is 2. The van der Waals surface area contributed by atoms with Crippen molar-refractivity contribution in [3.8, 4) is 0 Å². The molecule has 0 spiro atoms. The number of aliphatic carboxylic acids is 1. The van der Waals surface area contributed by atoms with Gasteiger partial charge in [-0.3, -0.25) is 14.4 Å². The van der Waals surface area contributed by atoms with Crippen LogP contribution in [0.5, 0.6) is 0 Å². The predicted octanol–water partition coefficient (Wildman–Crippen LogP) is 2.54. The number of nitrogens with zero attached hydrogens (tertiary/aromatic N) is 1. The third-order valence-electron chi connectivity index (χ3n) is 3.63. The summed E-state index contributed by atoms with van der Waals surface area (Å²) in [6.07, 6.45) is 4.60. The van der Waals surface area contributed by atoms with Gasteiger partial charge in [-0.05, 0) is 31.0 Å². The van der Waals surface area contributed by atoms with Gasteiger partial charge in [-0.25, -0.2) is 0 Å². The second-order valence-electron chi connectivity index (χ2n) is 5.95. The summed E-state index contributed by atoms with van der Waals surface area (Å²) in [5, 5.41) is 11.4. The summed E-state index contributed by atoms with van der Waals surface area (Å²) in [6, 6.07) is 6.68. The fourth-order valence-corrected chi connectivity index (χ4v) is 2.29. The van der Waals surface area contributed by atoms with Gasteiger partial charge >= 0.3 is 5.97 Å². The molecule has 0 saturated carbocycles. The first-order valence-corrected chi connectivity index (χ1v) is 8.23. The Hall–Kier alpha value is -2.37. The molecule has 0 bridgehead atoms. The van der Waals surface area contributed by atoms with E-state index in [4.69, 9.17) is 5.11 Å². The van der Waals surface area contributed by atoms with Crippen LogP contribution in [0.2, 0.25) is 0 Å². The number of nitrogens with one attached hydrogen (secondary N) is 1. The second-order valence-corrected chi connectivity index (χ2v) is 5.95. The number of hydrogen-bond acceptors (Lipinski definition) is 3. The molecule has 0 aromatic heterocycles. The molecular formula is C18H26N2O4. The molecule has 0 heterocycles. The van der Waals surface area contributed by atoms with Crippen LogP contribution < -0.4 is 5.32 Å². The summed E-state index contributed by atoms with van der Waals surface area (Å²) in [5.74, 6) is -1.07. The SMILES string of the molecule is CN(C)C(=O)c1cccc(C(=O)NCCCCCCCC(=O)O)c1. The highest BCUT2D eigenvalue weighted by molar-refractivity contribution is 5.99. The summed E-state index contributed by atoms with van der Waals surface area (Å²) in [5.41, 5.74) is 0.968. The first-order chi connectivity index (χ1) is 11.4. The number of carboxylic acids is 1. The Kier molecular flexibility index (Phi) is 8.54. The zero-order valence-corrected chi connectivity index (χ0v) is 14.4. The maximum absolute atomic E-state index is 12.1. The zero-order chi connectivity index (χ0) is 17.9. The van der Waals surface area contributed by atoms with Gasteiger partial charge in [0.1, 0.15) is 0 Å². The van der Waals surface area contributed by atoms with Crippen LogP contribution in [-0.4, -0.2) is 48.4 Å². The first kappa shape index (κ1) is 19.7. The minimum atomic E-state index is -0.753. The smallest absolute Gasteiger partial charge is 0.303 e. The highest BCUT2D eigenvalue weighted by Crippen LogP contribution is 2.08. The van der Waals surface area contributed by atoms with Gasteiger partial charge in [0.15, 0.2) is 0 Å². The Morgan fingerprint density at radius 3 is 2.29 bits per heavy atom. The quantitative estimate of drug-likeness (QED) is 0.644. The Balaban J connectivity index is 2.29. The van der Waals surface area contributed by atoms with Gasteiger partial charge < -0.3 is 15.3 Å². The monoisotopic (exact) mass is 334 g/mol. The molecule has 2 N–H and O–H groups in total. The molecule has 0 aliphatic carbocycles. The molecule has 0 atom stereocenters. The van der Waals surface area contributed by atoms with Gasteiger partial charge in [0.05, 0.1) is 0 Å². The zero-order valence-electron chi connectivity index (χ0n) is 14.4. The lowest BCUT2D eigenvalue weighted by Crippen LogP contribution is -2.26. The average Bonchev–Trinajstić information content (AvgIpc) is 2.56. The number of rotatable bonds is 10. The standard InChI is InChI=1S/C18H26N2O4/c1-20(2)18(24)15-10-8-9-14(13-15)17(23)19-12-7-5-3-4-6-11-16(21)22/h8-10,13H,3-7,11-12H2,1-2H3,(H,19,23)(H,21,22). The molecule has 1 aromatic rings. The summed E-state index contributed by atoms with van der Waals surface area (Å²) < 4.78 is 0.